The molecule has 154 valence electrons. The maximum atomic E-state index is 12.8. The van der Waals surface area contributed by atoms with E-state index in [0.29, 0.717) is 12.5 Å². The highest BCUT2D eigenvalue weighted by atomic mass is 16.1. The molecule has 0 bridgehead atoms. The van der Waals surface area contributed by atoms with Gasteiger partial charge in [-0.2, -0.15) is 0 Å². The standard InChI is InChI=1S/C25H28N4O/c1-17-6-9-20(10-7-17)22-14-26-25(27-15-22)29-12-4-5-21(16-29)24(30)28-23-11-8-18(2)19(3)13-23/h6-11,13-15,21H,4-5,12,16H2,1-3H3,(H,28,30)/t21-/m0/s1. The largest absolute Gasteiger partial charge is 0.340 e. The van der Waals surface area contributed by atoms with Crippen LogP contribution in [0.1, 0.15) is 29.5 Å². The van der Waals surface area contributed by atoms with Gasteiger partial charge in [0.15, 0.2) is 0 Å². The molecule has 3 aromatic rings. The number of nitrogens with one attached hydrogen (secondary N) is 1. The van der Waals surface area contributed by atoms with Crippen molar-refractivity contribution in [1.29, 1.82) is 0 Å². The number of carbonyl (C=O) groups excluding carboxylic acids is 1. The van der Waals surface area contributed by atoms with E-state index < -0.39 is 0 Å². The molecule has 5 nitrogen and oxygen atoms in total. The first-order chi connectivity index (χ1) is 14.5. The minimum Gasteiger partial charge on any atom is -0.340 e. The average molecular weight is 401 g/mol. The van der Waals surface area contributed by atoms with E-state index in [2.05, 4.69) is 65.2 Å². The molecule has 1 fully saturated rings. The van der Waals surface area contributed by atoms with Crippen molar-refractivity contribution in [3.63, 3.8) is 0 Å². The molecule has 1 saturated heterocycles. The van der Waals surface area contributed by atoms with E-state index in [1.807, 2.05) is 30.6 Å². The van der Waals surface area contributed by atoms with Crippen LogP contribution in [-0.2, 0) is 4.79 Å². The molecule has 0 saturated carbocycles. The highest BCUT2D eigenvalue weighted by molar-refractivity contribution is 5.93. The van der Waals surface area contributed by atoms with E-state index in [4.69, 9.17) is 0 Å². The van der Waals surface area contributed by atoms with Gasteiger partial charge in [0.05, 0.1) is 5.92 Å². The van der Waals surface area contributed by atoms with Crippen LogP contribution in [-0.4, -0.2) is 29.0 Å². The van der Waals surface area contributed by atoms with Gasteiger partial charge in [0.25, 0.3) is 0 Å². The quantitative estimate of drug-likeness (QED) is 0.675. The van der Waals surface area contributed by atoms with Crippen LogP contribution in [0.3, 0.4) is 0 Å². The number of rotatable bonds is 4. The van der Waals surface area contributed by atoms with Crippen molar-refractivity contribution in [2.75, 3.05) is 23.3 Å². The topological polar surface area (TPSA) is 58.1 Å². The fourth-order valence-corrected chi connectivity index (χ4v) is 3.82. The zero-order valence-corrected chi connectivity index (χ0v) is 17.9. The summed E-state index contributed by atoms with van der Waals surface area (Å²) in [6.45, 7) is 7.72. The normalized spacial score (nSPS) is 16.4. The number of benzene rings is 2. The molecule has 0 spiro atoms. The molecule has 1 aromatic heterocycles. The van der Waals surface area contributed by atoms with Crippen LogP contribution in [0.4, 0.5) is 11.6 Å². The number of nitrogens with zero attached hydrogens (tertiary/aromatic N) is 3. The molecular weight excluding hydrogens is 372 g/mol. The number of piperidine rings is 1. The van der Waals surface area contributed by atoms with Crippen LogP contribution in [0.5, 0.6) is 0 Å². The van der Waals surface area contributed by atoms with Crippen molar-refractivity contribution >= 4 is 17.5 Å². The summed E-state index contributed by atoms with van der Waals surface area (Å²) in [5.74, 6) is 0.689. The smallest absolute Gasteiger partial charge is 0.229 e. The van der Waals surface area contributed by atoms with E-state index in [0.717, 1.165) is 36.2 Å². The molecule has 1 amide bonds. The van der Waals surface area contributed by atoms with Gasteiger partial charge >= 0.3 is 0 Å². The van der Waals surface area contributed by atoms with Crippen LogP contribution in [0.15, 0.2) is 54.9 Å². The number of hydrogen-bond acceptors (Lipinski definition) is 4. The fourth-order valence-electron chi connectivity index (χ4n) is 3.82. The van der Waals surface area contributed by atoms with Crippen LogP contribution in [0.25, 0.3) is 11.1 Å². The lowest BCUT2D eigenvalue weighted by atomic mass is 9.97. The molecule has 1 atom stereocenters. The monoisotopic (exact) mass is 400 g/mol. The Kier molecular flexibility index (Phi) is 5.79. The maximum absolute atomic E-state index is 12.8. The molecule has 1 N–H and O–H groups in total. The lowest BCUT2D eigenvalue weighted by molar-refractivity contribution is -0.120. The number of hydrogen-bond donors (Lipinski definition) is 1. The fraction of sp³-hybridized carbons (Fsp3) is 0.320. The zero-order chi connectivity index (χ0) is 21.1. The second kappa shape index (κ2) is 8.66. The van der Waals surface area contributed by atoms with Gasteiger partial charge in [-0.05, 0) is 62.4 Å². The van der Waals surface area contributed by atoms with E-state index in [9.17, 15) is 4.79 Å². The van der Waals surface area contributed by atoms with Gasteiger partial charge in [0, 0.05) is 36.7 Å². The Morgan fingerprint density at radius 1 is 0.967 bits per heavy atom. The molecule has 0 aliphatic carbocycles. The first-order valence-electron chi connectivity index (χ1n) is 10.5. The van der Waals surface area contributed by atoms with Gasteiger partial charge in [-0.25, -0.2) is 9.97 Å². The van der Waals surface area contributed by atoms with Crippen molar-refractivity contribution in [2.45, 2.75) is 33.6 Å². The Hall–Kier alpha value is -3.21. The molecule has 2 aromatic carbocycles. The third-order valence-corrected chi connectivity index (χ3v) is 5.87. The van der Waals surface area contributed by atoms with Gasteiger partial charge in [0.2, 0.25) is 11.9 Å². The third kappa shape index (κ3) is 4.51. The van der Waals surface area contributed by atoms with E-state index in [-0.39, 0.29) is 11.8 Å². The Labute approximate surface area is 178 Å². The Bertz CT molecular complexity index is 1030. The minimum absolute atomic E-state index is 0.0687. The lowest BCUT2D eigenvalue weighted by Crippen LogP contribution is -2.41. The molecule has 2 heterocycles. The minimum atomic E-state index is -0.0688. The number of aryl methyl sites for hydroxylation is 3. The third-order valence-electron chi connectivity index (χ3n) is 5.87. The predicted molar refractivity (Wildman–Crippen MR) is 122 cm³/mol. The van der Waals surface area contributed by atoms with Crippen molar-refractivity contribution < 1.29 is 4.79 Å². The van der Waals surface area contributed by atoms with Gasteiger partial charge < -0.3 is 10.2 Å². The lowest BCUT2D eigenvalue weighted by Gasteiger charge is -2.32. The van der Waals surface area contributed by atoms with Gasteiger partial charge in [-0.3, -0.25) is 4.79 Å². The van der Waals surface area contributed by atoms with Crippen molar-refractivity contribution in [3.8, 4) is 11.1 Å². The first-order valence-corrected chi connectivity index (χ1v) is 10.5. The summed E-state index contributed by atoms with van der Waals surface area (Å²) in [6, 6.07) is 14.4. The van der Waals surface area contributed by atoms with Gasteiger partial charge in [-0.15, -0.1) is 0 Å². The number of amides is 1. The number of carbonyl (C=O) groups is 1. The van der Waals surface area contributed by atoms with E-state index in [1.165, 1.54) is 16.7 Å². The summed E-state index contributed by atoms with van der Waals surface area (Å²) in [5, 5.41) is 3.08. The molecule has 0 unspecified atom stereocenters. The summed E-state index contributed by atoms with van der Waals surface area (Å²) in [7, 11) is 0. The van der Waals surface area contributed by atoms with Crippen LogP contribution in [0.2, 0.25) is 0 Å². The first kappa shape index (κ1) is 20.1. The summed E-state index contributed by atoms with van der Waals surface area (Å²) < 4.78 is 0. The van der Waals surface area contributed by atoms with Gasteiger partial charge in [-0.1, -0.05) is 35.9 Å². The molecule has 1 aliphatic heterocycles. The summed E-state index contributed by atoms with van der Waals surface area (Å²) in [5.41, 5.74) is 6.60. The zero-order valence-electron chi connectivity index (χ0n) is 17.9. The second-order valence-corrected chi connectivity index (χ2v) is 8.21. The van der Waals surface area contributed by atoms with E-state index in [1.54, 1.807) is 0 Å². The van der Waals surface area contributed by atoms with Crippen LogP contribution in [0, 0.1) is 26.7 Å². The predicted octanol–water partition coefficient (Wildman–Crippen LogP) is 4.92. The SMILES string of the molecule is Cc1ccc(-c2cnc(N3CCC[C@H](C(=O)Nc4ccc(C)c(C)c4)C3)nc2)cc1. The second-order valence-electron chi connectivity index (χ2n) is 8.21. The van der Waals surface area contributed by atoms with E-state index >= 15 is 0 Å². The summed E-state index contributed by atoms with van der Waals surface area (Å²) >= 11 is 0. The molecule has 30 heavy (non-hydrogen) atoms. The molecule has 4 rings (SSSR count). The average Bonchev–Trinajstić information content (AvgIpc) is 2.77. The maximum Gasteiger partial charge on any atom is 0.229 e. The Morgan fingerprint density at radius 2 is 1.70 bits per heavy atom. The highest BCUT2D eigenvalue weighted by Gasteiger charge is 2.27. The number of aromatic nitrogens is 2. The summed E-state index contributed by atoms with van der Waals surface area (Å²) in [4.78, 5) is 24.1. The molecule has 5 heteroatoms. The molecule has 0 radical (unpaired) electrons. The van der Waals surface area contributed by atoms with Crippen molar-refractivity contribution in [3.05, 3.63) is 71.5 Å². The Balaban J connectivity index is 1.42. The van der Waals surface area contributed by atoms with Crippen LogP contribution >= 0.6 is 0 Å². The van der Waals surface area contributed by atoms with Gasteiger partial charge in [0.1, 0.15) is 0 Å². The van der Waals surface area contributed by atoms with Crippen molar-refractivity contribution in [2.24, 2.45) is 5.92 Å². The Morgan fingerprint density at radius 3 is 2.40 bits per heavy atom. The molecular formula is C25H28N4O. The summed E-state index contributed by atoms with van der Waals surface area (Å²) in [6.07, 6.45) is 5.57. The molecule has 1 aliphatic rings. The van der Waals surface area contributed by atoms with Crippen LogP contribution < -0.4 is 10.2 Å². The number of anilines is 2. The van der Waals surface area contributed by atoms with Crippen molar-refractivity contribution in [1.82, 2.24) is 9.97 Å². The highest BCUT2D eigenvalue weighted by Crippen LogP contribution is 2.24.